The second-order valence-corrected chi connectivity index (χ2v) is 8.81. The average molecular weight is 416 g/mol. The highest BCUT2D eigenvalue weighted by Crippen LogP contribution is 2.28. The Morgan fingerprint density at radius 2 is 1.62 bits per heavy atom. The van der Waals surface area contributed by atoms with E-state index < -0.39 is 28.1 Å². The minimum Gasteiger partial charge on any atom is -0.497 e. The standard InChI is InChI=1S/C20H20N2O6S/c1-27-17-6-2-14(3-7-17)15-4-8-18(9-5-15)29(25,26)21-11-10-16(12-21)22-19(23)13-28-20(22)24/h2-9,16H,10-13H2,1H3. The van der Waals surface area contributed by atoms with Crippen molar-refractivity contribution in [1.82, 2.24) is 9.21 Å². The first kappa shape index (κ1) is 19.4. The van der Waals surface area contributed by atoms with E-state index in [1.54, 1.807) is 31.4 Å². The number of rotatable bonds is 5. The van der Waals surface area contributed by atoms with Crippen LogP contribution in [0.25, 0.3) is 11.1 Å². The molecule has 0 spiro atoms. The number of methoxy groups -OCH3 is 1. The predicted octanol–water partition coefficient (Wildman–Crippen LogP) is 2.10. The van der Waals surface area contributed by atoms with E-state index in [0.717, 1.165) is 21.8 Å². The summed E-state index contributed by atoms with van der Waals surface area (Å²) in [6, 6.07) is 13.6. The van der Waals surface area contributed by atoms with Gasteiger partial charge in [0, 0.05) is 13.1 Å². The number of carbonyl (C=O) groups excluding carboxylic acids is 2. The van der Waals surface area contributed by atoms with Crippen LogP contribution in [0, 0.1) is 0 Å². The molecule has 2 amide bonds. The van der Waals surface area contributed by atoms with Crippen molar-refractivity contribution in [3.05, 3.63) is 48.5 Å². The minimum absolute atomic E-state index is 0.0728. The summed E-state index contributed by atoms with van der Waals surface area (Å²) in [5, 5.41) is 0. The Morgan fingerprint density at radius 1 is 1.00 bits per heavy atom. The van der Waals surface area contributed by atoms with Gasteiger partial charge in [-0.1, -0.05) is 24.3 Å². The Bertz CT molecular complexity index is 1020. The number of sulfonamides is 1. The zero-order chi connectivity index (χ0) is 20.6. The number of amides is 2. The summed E-state index contributed by atoms with van der Waals surface area (Å²) in [5.41, 5.74) is 1.83. The first-order valence-corrected chi connectivity index (χ1v) is 10.6. The van der Waals surface area contributed by atoms with Crippen molar-refractivity contribution < 1.29 is 27.5 Å². The fraction of sp³-hybridized carbons (Fsp3) is 0.300. The molecule has 4 rings (SSSR count). The third-order valence-electron chi connectivity index (χ3n) is 5.19. The summed E-state index contributed by atoms with van der Waals surface area (Å²) in [5.74, 6) is 0.319. The Morgan fingerprint density at radius 3 is 2.17 bits per heavy atom. The first-order chi connectivity index (χ1) is 13.9. The molecule has 0 bridgehead atoms. The van der Waals surface area contributed by atoms with E-state index in [2.05, 4.69) is 0 Å². The van der Waals surface area contributed by atoms with E-state index >= 15 is 0 Å². The molecule has 0 aromatic heterocycles. The van der Waals surface area contributed by atoms with E-state index in [0.29, 0.717) is 6.42 Å². The summed E-state index contributed by atoms with van der Waals surface area (Å²) >= 11 is 0. The van der Waals surface area contributed by atoms with Gasteiger partial charge in [0.25, 0.3) is 5.91 Å². The SMILES string of the molecule is COc1ccc(-c2ccc(S(=O)(=O)N3CCC(N4C(=O)COC4=O)C3)cc2)cc1. The smallest absolute Gasteiger partial charge is 0.417 e. The second-order valence-electron chi connectivity index (χ2n) is 6.88. The van der Waals surface area contributed by atoms with E-state index in [1.165, 1.54) is 4.31 Å². The number of nitrogens with zero attached hydrogens (tertiary/aromatic N) is 2. The van der Waals surface area contributed by atoms with Gasteiger partial charge in [-0.3, -0.25) is 4.79 Å². The lowest BCUT2D eigenvalue weighted by molar-refractivity contribution is -0.127. The number of hydrogen-bond acceptors (Lipinski definition) is 6. The van der Waals surface area contributed by atoms with Crippen LogP contribution in [0.15, 0.2) is 53.4 Å². The molecule has 1 atom stereocenters. The van der Waals surface area contributed by atoms with Gasteiger partial charge in [0.05, 0.1) is 18.0 Å². The molecule has 2 saturated heterocycles. The Hall–Kier alpha value is -2.91. The number of imide groups is 1. The highest BCUT2D eigenvalue weighted by atomic mass is 32.2. The lowest BCUT2D eigenvalue weighted by Gasteiger charge is -2.20. The summed E-state index contributed by atoms with van der Waals surface area (Å²) < 4.78 is 37.1. The molecule has 0 N–H and O–H groups in total. The molecule has 0 radical (unpaired) electrons. The monoisotopic (exact) mass is 416 g/mol. The Kier molecular flexibility index (Phi) is 5.01. The van der Waals surface area contributed by atoms with Crippen molar-refractivity contribution in [2.24, 2.45) is 0 Å². The van der Waals surface area contributed by atoms with Crippen LogP contribution in [0.2, 0.25) is 0 Å². The summed E-state index contributed by atoms with van der Waals surface area (Å²) in [4.78, 5) is 24.7. The zero-order valence-electron chi connectivity index (χ0n) is 15.8. The third kappa shape index (κ3) is 3.58. The van der Waals surface area contributed by atoms with Crippen LogP contribution in [-0.4, -0.2) is 62.5 Å². The van der Waals surface area contributed by atoms with Crippen molar-refractivity contribution in [3.63, 3.8) is 0 Å². The molecule has 0 saturated carbocycles. The highest BCUT2D eigenvalue weighted by molar-refractivity contribution is 7.89. The normalized spacial score (nSPS) is 20.2. The minimum atomic E-state index is -3.72. The van der Waals surface area contributed by atoms with Crippen LogP contribution in [0.3, 0.4) is 0 Å². The summed E-state index contributed by atoms with van der Waals surface area (Å²) in [6.07, 6.45) is -0.313. The maximum Gasteiger partial charge on any atom is 0.417 e. The van der Waals surface area contributed by atoms with Crippen molar-refractivity contribution in [3.8, 4) is 16.9 Å². The van der Waals surface area contributed by atoms with Gasteiger partial charge in [0.15, 0.2) is 6.61 Å². The highest BCUT2D eigenvalue weighted by Gasteiger charge is 2.43. The van der Waals surface area contributed by atoms with E-state index in [4.69, 9.17) is 9.47 Å². The number of benzene rings is 2. The van der Waals surface area contributed by atoms with E-state index in [9.17, 15) is 18.0 Å². The molecular formula is C20H20N2O6S. The van der Waals surface area contributed by atoms with Crippen LogP contribution in [0.4, 0.5) is 4.79 Å². The second kappa shape index (κ2) is 7.49. The van der Waals surface area contributed by atoms with Crippen LogP contribution in [-0.2, 0) is 19.6 Å². The van der Waals surface area contributed by atoms with Gasteiger partial charge in [0.2, 0.25) is 10.0 Å². The molecule has 8 nitrogen and oxygen atoms in total. The van der Waals surface area contributed by atoms with Gasteiger partial charge in [-0.05, 0) is 41.8 Å². The lowest BCUT2D eigenvalue weighted by atomic mass is 10.1. The largest absolute Gasteiger partial charge is 0.497 e. The molecule has 9 heteroatoms. The number of ether oxygens (including phenoxy) is 2. The van der Waals surface area contributed by atoms with Gasteiger partial charge in [-0.25, -0.2) is 18.1 Å². The average Bonchev–Trinajstić information content (AvgIpc) is 3.35. The number of hydrogen-bond donors (Lipinski definition) is 0. The fourth-order valence-electron chi connectivity index (χ4n) is 3.61. The molecule has 2 fully saturated rings. The van der Waals surface area contributed by atoms with Gasteiger partial charge in [0.1, 0.15) is 5.75 Å². The van der Waals surface area contributed by atoms with Crippen molar-refractivity contribution in [2.75, 3.05) is 26.8 Å². The number of cyclic esters (lactones) is 1. The van der Waals surface area contributed by atoms with Crippen LogP contribution >= 0.6 is 0 Å². The molecule has 152 valence electrons. The van der Waals surface area contributed by atoms with E-state index in [1.807, 2.05) is 24.3 Å². The van der Waals surface area contributed by atoms with Crippen molar-refractivity contribution in [1.29, 1.82) is 0 Å². The third-order valence-corrected chi connectivity index (χ3v) is 7.07. The fourth-order valence-corrected chi connectivity index (χ4v) is 5.10. The lowest BCUT2D eigenvalue weighted by Crippen LogP contribution is -2.42. The summed E-state index contributed by atoms with van der Waals surface area (Å²) in [7, 11) is -2.13. The molecule has 2 aromatic carbocycles. The molecule has 2 heterocycles. The first-order valence-electron chi connectivity index (χ1n) is 9.13. The molecule has 29 heavy (non-hydrogen) atoms. The Labute approximate surface area is 168 Å². The molecule has 1 unspecified atom stereocenters. The van der Waals surface area contributed by atoms with Gasteiger partial charge in [-0.15, -0.1) is 0 Å². The van der Waals surface area contributed by atoms with Gasteiger partial charge in [-0.2, -0.15) is 4.31 Å². The molecule has 2 aromatic rings. The number of carbonyl (C=O) groups is 2. The van der Waals surface area contributed by atoms with Crippen LogP contribution < -0.4 is 4.74 Å². The molecule has 0 aliphatic carbocycles. The van der Waals surface area contributed by atoms with Gasteiger partial charge < -0.3 is 9.47 Å². The maximum atomic E-state index is 13.0. The molecule has 2 aliphatic heterocycles. The maximum absolute atomic E-state index is 13.0. The Balaban J connectivity index is 1.50. The molecular weight excluding hydrogens is 396 g/mol. The molecule has 2 aliphatic rings. The van der Waals surface area contributed by atoms with Gasteiger partial charge >= 0.3 is 6.09 Å². The van der Waals surface area contributed by atoms with Crippen LogP contribution in [0.5, 0.6) is 5.75 Å². The topological polar surface area (TPSA) is 93.2 Å². The summed E-state index contributed by atoms with van der Waals surface area (Å²) in [6.45, 7) is 0.0304. The predicted molar refractivity (Wildman–Crippen MR) is 104 cm³/mol. The van der Waals surface area contributed by atoms with Crippen LogP contribution in [0.1, 0.15) is 6.42 Å². The van der Waals surface area contributed by atoms with E-state index in [-0.39, 0.29) is 24.6 Å². The zero-order valence-corrected chi connectivity index (χ0v) is 16.6. The van der Waals surface area contributed by atoms with Crippen molar-refractivity contribution in [2.45, 2.75) is 17.4 Å². The quantitative estimate of drug-likeness (QED) is 0.741. The van der Waals surface area contributed by atoms with Crippen molar-refractivity contribution >= 4 is 22.0 Å².